The Morgan fingerprint density at radius 2 is 2.08 bits per heavy atom. The molecule has 1 amide bonds. The Morgan fingerprint density at radius 3 is 2.75 bits per heavy atom. The number of likely N-dealkylation sites (tertiary alicyclic amines) is 1. The van der Waals surface area contributed by atoms with E-state index in [1.165, 1.54) is 0 Å². The van der Waals surface area contributed by atoms with Crippen molar-refractivity contribution in [1.29, 1.82) is 0 Å². The molecule has 1 aromatic heterocycles. The zero-order valence-corrected chi connectivity index (χ0v) is 15.9. The number of carbonyl (C=O) groups excluding carboxylic acids is 1. The largest absolute Gasteiger partial charge is 0.438 e. The van der Waals surface area contributed by atoms with Gasteiger partial charge < -0.3 is 15.4 Å². The van der Waals surface area contributed by atoms with E-state index >= 15 is 0 Å². The lowest BCUT2D eigenvalue weighted by atomic mass is 10.2. The fraction of sp³-hybridized carbons (Fsp3) is 0.250. The van der Waals surface area contributed by atoms with E-state index in [9.17, 15) is 4.79 Å². The molecule has 0 radical (unpaired) electrons. The van der Waals surface area contributed by atoms with E-state index in [1.807, 2.05) is 24.3 Å². The molecule has 1 aliphatic heterocycles. The number of hydrogen-bond acceptors (Lipinski definition) is 4. The molecule has 2 heterocycles. The number of hydrogen-bond donors (Lipinski definition) is 1. The van der Waals surface area contributed by atoms with Gasteiger partial charge in [-0.3, -0.25) is 4.79 Å². The molecule has 2 aromatic rings. The topological polar surface area (TPSA) is 68.5 Å². The second-order valence-corrected chi connectivity index (χ2v) is 6.13. The first-order valence-electron chi connectivity index (χ1n) is 7.07. The van der Waals surface area contributed by atoms with Crippen molar-refractivity contribution in [2.45, 2.75) is 12.5 Å². The minimum atomic E-state index is -0.0916. The maximum atomic E-state index is 12.6. The predicted molar refractivity (Wildman–Crippen MR) is 101 cm³/mol. The van der Waals surface area contributed by atoms with E-state index < -0.39 is 0 Å². The molecule has 2 N–H and O–H groups in total. The van der Waals surface area contributed by atoms with Gasteiger partial charge in [0.2, 0.25) is 5.88 Å². The van der Waals surface area contributed by atoms with Crippen molar-refractivity contribution >= 4 is 46.7 Å². The fourth-order valence-electron chi connectivity index (χ4n) is 2.42. The van der Waals surface area contributed by atoms with Crippen molar-refractivity contribution < 1.29 is 9.53 Å². The summed E-state index contributed by atoms with van der Waals surface area (Å²) >= 11 is 3.39. The van der Waals surface area contributed by atoms with Crippen LogP contribution in [-0.4, -0.2) is 34.9 Å². The van der Waals surface area contributed by atoms with Gasteiger partial charge in [-0.15, -0.1) is 24.8 Å². The SMILES string of the molecule is Cl.Cl.N[C@@H]1CCN(C(=O)c2cccnc2Oc2cccc(Br)c2)C1. The molecule has 0 unspecified atom stereocenters. The summed E-state index contributed by atoms with van der Waals surface area (Å²) in [5, 5.41) is 0. The van der Waals surface area contributed by atoms with Crippen molar-refractivity contribution in [3.63, 3.8) is 0 Å². The van der Waals surface area contributed by atoms with Crippen LogP contribution in [0.1, 0.15) is 16.8 Å². The van der Waals surface area contributed by atoms with Crippen molar-refractivity contribution in [2.24, 2.45) is 5.73 Å². The number of nitrogens with zero attached hydrogens (tertiary/aromatic N) is 2. The highest BCUT2D eigenvalue weighted by Gasteiger charge is 2.27. The number of pyridine rings is 1. The van der Waals surface area contributed by atoms with E-state index in [0.717, 1.165) is 10.9 Å². The standard InChI is InChI=1S/C16H16BrN3O2.2ClH/c17-11-3-1-4-13(9-11)22-15-14(5-2-7-19-15)16(21)20-8-6-12(18)10-20;;/h1-5,7,9,12H,6,8,10,18H2;2*1H/t12-;;/m1../s1. The van der Waals surface area contributed by atoms with Crippen molar-refractivity contribution in [1.82, 2.24) is 9.88 Å². The molecule has 1 saturated heterocycles. The Morgan fingerprint density at radius 1 is 1.29 bits per heavy atom. The third-order valence-electron chi connectivity index (χ3n) is 3.52. The minimum absolute atomic E-state index is 0. The van der Waals surface area contributed by atoms with Crippen LogP contribution in [0.4, 0.5) is 0 Å². The molecule has 1 atom stereocenters. The van der Waals surface area contributed by atoms with Crippen LogP contribution in [0.3, 0.4) is 0 Å². The van der Waals surface area contributed by atoms with Gasteiger partial charge in [0.25, 0.3) is 5.91 Å². The van der Waals surface area contributed by atoms with Gasteiger partial charge in [-0.2, -0.15) is 0 Å². The number of carbonyl (C=O) groups is 1. The zero-order chi connectivity index (χ0) is 15.5. The molecular weight excluding hydrogens is 417 g/mol. The number of halogens is 3. The smallest absolute Gasteiger partial charge is 0.259 e. The number of rotatable bonds is 3. The minimum Gasteiger partial charge on any atom is -0.438 e. The van der Waals surface area contributed by atoms with Gasteiger partial charge in [-0.05, 0) is 36.8 Å². The fourth-order valence-corrected chi connectivity index (χ4v) is 2.80. The molecule has 0 spiro atoms. The van der Waals surface area contributed by atoms with Crippen LogP contribution < -0.4 is 10.5 Å². The summed E-state index contributed by atoms with van der Waals surface area (Å²) in [6, 6.07) is 10.9. The van der Waals surface area contributed by atoms with Gasteiger partial charge in [-0.1, -0.05) is 22.0 Å². The van der Waals surface area contributed by atoms with E-state index in [2.05, 4.69) is 20.9 Å². The molecule has 8 heteroatoms. The summed E-state index contributed by atoms with van der Waals surface area (Å²) in [5.41, 5.74) is 6.33. The highest BCUT2D eigenvalue weighted by Crippen LogP contribution is 2.26. The second kappa shape index (κ2) is 9.22. The predicted octanol–water partition coefficient (Wildman–Crippen LogP) is 3.65. The van der Waals surface area contributed by atoms with Gasteiger partial charge >= 0.3 is 0 Å². The Bertz CT molecular complexity index is 703. The number of amides is 1. The monoisotopic (exact) mass is 433 g/mol. The average molecular weight is 435 g/mol. The Balaban J connectivity index is 0.00000144. The summed E-state index contributed by atoms with van der Waals surface area (Å²) in [4.78, 5) is 18.6. The lowest BCUT2D eigenvalue weighted by molar-refractivity contribution is 0.0787. The van der Waals surface area contributed by atoms with Crippen LogP contribution in [0.15, 0.2) is 47.1 Å². The van der Waals surface area contributed by atoms with Crippen molar-refractivity contribution in [2.75, 3.05) is 13.1 Å². The maximum absolute atomic E-state index is 12.6. The van der Waals surface area contributed by atoms with Crippen molar-refractivity contribution in [3.8, 4) is 11.6 Å². The molecule has 5 nitrogen and oxygen atoms in total. The van der Waals surface area contributed by atoms with E-state index in [4.69, 9.17) is 10.5 Å². The van der Waals surface area contributed by atoms with E-state index in [1.54, 1.807) is 23.2 Å². The van der Waals surface area contributed by atoms with Crippen LogP contribution in [0.25, 0.3) is 0 Å². The summed E-state index contributed by atoms with van der Waals surface area (Å²) in [6.07, 6.45) is 2.44. The first-order valence-corrected chi connectivity index (χ1v) is 7.86. The Hall–Kier alpha value is -1.34. The summed E-state index contributed by atoms with van der Waals surface area (Å²) in [5.74, 6) is 0.845. The lowest BCUT2D eigenvalue weighted by Gasteiger charge is -2.17. The first kappa shape index (κ1) is 20.7. The number of ether oxygens (including phenoxy) is 1. The third-order valence-corrected chi connectivity index (χ3v) is 4.02. The quantitative estimate of drug-likeness (QED) is 0.800. The molecule has 24 heavy (non-hydrogen) atoms. The van der Waals surface area contributed by atoms with Crippen LogP contribution in [0.2, 0.25) is 0 Å². The molecule has 130 valence electrons. The number of benzene rings is 1. The Labute approximate surface area is 161 Å². The molecule has 0 bridgehead atoms. The van der Waals surface area contributed by atoms with Crippen LogP contribution in [-0.2, 0) is 0 Å². The third kappa shape index (κ3) is 4.83. The van der Waals surface area contributed by atoms with Crippen molar-refractivity contribution in [3.05, 3.63) is 52.6 Å². The van der Waals surface area contributed by atoms with Crippen LogP contribution >= 0.6 is 40.7 Å². The molecular formula is C16H18BrCl2N3O2. The molecule has 1 aliphatic rings. The van der Waals surface area contributed by atoms with Crippen LogP contribution in [0.5, 0.6) is 11.6 Å². The number of nitrogens with two attached hydrogens (primary N) is 1. The normalized spacial score (nSPS) is 16.1. The van der Waals surface area contributed by atoms with Gasteiger partial charge in [0.15, 0.2) is 0 Å². The lowest BCUT2D eigenvalue weighted by Crippen LogP contribution is -2.32. The molecule has 0 aliphatic carbocycles. The summed E-state index contributed by atoms with van der Waals surface area (Å²) in [6.45, 7) is 1.25. The molecule has 1 fully saturated rings. The average Bonchev–Trinajstić information content (AvgIpc) is 2.94. The summed E-state index contributed by atoms with van der Waals surface area (Å²) in [7, 11) is 0. The molecule has 1 aromatic carbocycles. The molecule has 0 saturated carbocycles. The maximum Gasteiger partial charge on any atom is 0.259 e. The van der Waals surface area contributed by atoms with E-state index in [-0.39, 0.29) is 36.8 Å². The van der Waals surface area contributed by atoms with E-state index in [0.29, 0.717) is 30.3 Å². The molecule has 3 rings (SSSR count). The van der Waals surface area contributed by atoms with Gasteiger partial charge in [0.1, 0.15) is 11.3 Å². The highest BCUT2D eigenvalue weighted by atomic mass is 79.9. The zero-order valence-electron chi connectivity index (χ0n) is 12.7. The first-order chi connectivity index (χ1) is 10.6. The Kier molecular flexibility index (Phi) is 7.96. The second-order valence-electron chi connectivity index (χ2n) is 5.22. The highest BCUT2D eigenvalue weighted by molar-refractivity contribution is 9.10. The summed E-state index contributed by atoms with van der Waals surface area (Å²) < 4.78 is 6.68. The van der Waals surface area contributed by atoms with Gasteiger partial charge in [0.05, 0.1) is 0 Å². The van der Waals surface area contributed by atoms with Crippen LogP contribution in [0, 0.1) is 0 Å². The number of aromatic nitrogens is 1. The van der Waals surface area contributed by atoms with Gasteiger partial charge in [-0.25, -0.2) is 4.98 Å². The van der Waals surface area contributed by atoms with Gasteiger partial charge in [0, 0.05) is 29.8 Å².